The molecule has 0 spiro atoms. The molecule has 0 saturated heterocycles. The lowest BCUT2D eigenvalue weighted by Crippen LogP contribution is -2.27. The van der Waals surface area contributed by atoms with Crippen molar-refractivity contribution in [1.82, 2.24) is 9.97 Å². The van der Waals surface area contributed by atoms with Crippen molar-refractivity contribution in [3.05, 3.63) is 15.5 Å². The van der Waals surface area contributed by atoms with Crippen molar-refractivity contribution in [2.45, 2.75) is 33.3 Å². The first kappa shape index (κ1) is 13.1. The molecular formula is C10H14IN3O2. The lowest BCUT2D eigenvalue weighted by Gasteiger charge is -2.19. The van der Waals surface area contributed by atoms with E-state index in [2.05, 4.69) is 37.9 Å². The Morgan fingerprint density at radius 3 is 2.62 bits per heavy atom. The summed E-state index contributed by atoms with van der Waals surface area (Å²) in [6.07, 6.45) is 1.10. The van der Waals surface area contributed by atoms with Gasteiger partial charge in [-0.3, -0.25) is 5.32 Å². The quantitative estimate of drug-likeness (QED) is 0.802. The number of nitrogens with zero attached hydrogens (tertiary/aromatic N) is 2. The first-order valence-electron chi connectivity index (χ1n) is 4.77. The van der Waals surface area contributed by atoms with Crippen LogP contribution in [0.4, 0.5) is 10.7 Å². The summed E-state index contributed by atoms with van der Waals surface area (Å²) in [5.41, 5.74) is 0.296. The third-order valence-corrected chi connectivity index (χ3v) is 2.59. The van der Waals surface area contributed by atoms with E-state index in [0.717, 1.165) is 9.26 Å². The third-order valence-electron chi connectivity index (χ3n) is 1.53. The molecule has 1 rings (SSSR count). The summed E-state index contributed by atoms with van der Waals surface area (Å²) in [5.74, 6) is 0.257. The predicted molar refractivity (Wildman–Crippen MR) is 69.3 cm³/mol. The first-order valence-corrected chi connectivity index (χ1v) is 5.85. The number of hydrogen-bond donors (Lipinski definition) is 1. The van der Waals surface area contributed by atoms with E-state index in [1.807, 2.05) is 6.92 Å². The maximum atomic E-state index is 11.4. The molecular weight excluding hydrogens is 321 g/mol. The second-order valence-corrected chi connectivity index (χ2v) is 5.42. The van der Waals surface area contributed by atoms with Crippen LogP contribution in [0, 0.1) is 10.5 Å². The smallest absolute Gasteiger partial charge is 0.414 e. The van der Waals surface area contributed by atoms with Gasteiger partial charge in [-0.15, -0.1) is 0 Å². The minimum atomic E-state index is -0.548. The minimum Gasteiger partial charge on any atom is -0.444 e. The van der Waals surface area contributed by atoms with Crippen LogP contribution in [0.5, 0.6) is 0 Å². The molecule has 1 aromatic heterocycles. The van der Waals surface area contributed by atoms with Gasteiger partial charge in [0, 0.05) is 6.20 Å². The summed E-state index contributed by atoms with van der Waals surface area (Å²) in [5, 5.41) is 2.48. The molecule has 0 aromatic carbocycles. The predicted octanol–water partition coefficient (Wildman–Crippen LogP) is 2.74. The van der Waals surface area contributed by atoms with Gasteiger partial charge in [-0.25, -0.2) is 14.8 Å². The van der Waals surface area contributed by atoms with Gasteiger partial charge in [0.2, 0.25) is 5.95 Å². The van der Waals surface area contributed by atoms with Crippen LogP contribution in [0.2, 0.25) is 0 Å². The number of amides is 1. The molecule has 1 amide bonds. The van der Waals surface area contributed by atoms with Crippen molar-refractivity contribution >= 4 is 34.6 Å². The lowest BCUT2D eigenvalue weighted by molar-refractivity contribution is 0.0634. The molecule has 1 heterocycles. The number of anilines is 1. The minimum absolute atomic E-state index is 0.257. The van der Waals surface area contributed by atoms with Crippen molar-refractivity contribution in [3.8, 4) is 0 Å². The summed E-state index contributed by atoms with van der Waals surface area (Å²) < 4.78 is 6.03. The van der Waals surface area contributed by atoms with Gasteiger partial charge < -0.3 is 4.74 Å². The van der Waals surface area contributed by atoms with Crippen LogP contribution in [0.15, 0.2) is 6.20 Å². The normalized spacial score (nSPS) is 11.1. The molecule has 0 saturated carbocycles. The van der Waals surface area contributed by atoms with E-state index < -0.39 is 11.7 Å². The van der Waals surface area contributed by atoms with Crippen LogP contribution >= 0.6 is 22.6 Å². The van der Waals surface area contributed by atoms with E-state index >= 15 is 0 Å². The highest BCUT2D eigenvalue weighted by atomic mass is 127. The van der Waals surface area contributed by atoms with E-state index in [0.29, 0.717) is 0 Å². The first-order chi connectivity index (χ1) is 7.28. The molecule has 0 aliphatic rings. The van der Waals surface area contributed by atoms with Gasteiger partial charge in [0.25, 0.3) is 0 Å². The highest BCUT2D eigenvalue weighted by molar-refractivity contribution is 14.1. The van der Waals surface area contributed by atoms with Crippen molar-refractivity contribution in [2.24, 2.45) is 0 Å². The summed E-state index contributed by atoms with van der Waals surface area (Å²) in [7, 11) is 0. The Balaban J connectivity index is 2.67. The van der Waals surface area contributed by atoms with Gasteiger partial charge in [0.15, 0.2) is 0 Å². The Morgan fingerprint density at radius 1 is 1.50 bits per heavy atom. The highest BCUT2D eigenvalue weighted by Gasteiger charge is 2.17. The number of aryl methyl sites for hydroxylation is 1. The Hall–Kier alpha value is -0.920. The Bertz CT molecular complexity index is 402. The molecule has 5 nitrogen and oxygen atoms in total. The number of carbonyl (C=O) groups is 1. The van der Waals surface area contributed by atoms with Crippen LogP contribution in [-0.4, -0.2) is 21.7 Å². The standard InChI is InChI=1S/C10H14IN3O2/c1-6-7(11)5-12-8(13-6)14-9(15)16-10(2,3)4/h5H,1-4H3,(H,12,13,14,15). The fraction of sp³-hybridized carbons (Fsp3) is 0.500. The molecule has 0 unspecified atom stereocenters. The van der Waals surface area contributed by atoms with Crippen molar-refractivity contribution in [1.29, 1.82) is 0 Å². The number of halogens is 1. The van der Waals surface area contributed by atoms with Gasteiger partial charge in [-0.2, -0.15) is 0 Å². The number of hydrogen-bond acceptors (Lipinski definition) is 4. The average molecular weight is 335 g/mol. The number of rotatable bonds is 1. The number of nitrogens with one attached hydrogen (secondary N) is 1. The Kier molecular flexibility index (Phi) is 4.06. The summed E-state index contributed by atoms with van der Waals surface area (Å²) in [6, 6.07) is 0. The molecule has 16 heavy (non-hydrogen) atoms. The molecule has 0 aliphatic heterocycles. The lowest BCUT2D eigenvalue weighted by atomic mass is 10.2. The molecule has 0 aliphatic carbocycles. The monoisotopic (exact) mass is 335 g/mol. The van der Waals surface area contributed by atoms with Crippen LogP contribution < -0.4 is 5.32 Å². The van der Waals surface area contributed by atoms with Crippen LogP contribution in [0.3, 0.4) is 0 Å². The molecule has 1 N–H and O–H groups in total. The number of aromatic nitrogens is 2. The second-order valence-electron chi connectivity index (χ2n) is 4.25. The molecule has 6 heteroatoms. The van der Waals surface area contributed by atoms with E-state index in [9.17, 15) is 4.79 Å². The molecule has 88 valence electrons. The van der Waals surface area contributed by atoms with Gasteiger partial charge in [0.05, 0.1) is 9.26 Å². The average Bonchev–Trinajstić information content (AvgIpc) is 2.08. The van der Waals surface area contributed by atoms with Crippen molar-refractivity contribution in [3.63, 3.8) is 0 Å². The molecule has 0 bridgehead atoms. The maximum Gasteiger partial charge on any atom is 0.414 e. The van der Waals surface area contributed by atoms with E-state index in [1.54, 1.807) is 27.0 Å². The maximum absolute atomic E-state index is 11.4. The zero-order valence-electron chi connectivity index (χ0n) is 9.67. The number of ether oxygens (including phenoxy) is 1. The molecule has 0 radical (unpaired) electrons. The fourth-order valence-corrected chi connectivity index (χ4v) is 1.17. The van der Waals surface area contributed by atoms with E-state index in [-0.39, 0.29) is 5.95 Å². The van der Waals surface area contributed by atoms with E-state index in [1.165, 1.54) is 0 Å². The summed E-state index contributed by atoms with van der Waals surface area (Å²) in [4.78, 5) is 19.5. The zero-order valence-corrected chi connectivity index (χ0v) is 11.8. The zero-order chi connectivity index (χ0) is 12.3. The van der Waals surface area contributed by atoms with E-state index in [4.69, 9.17) is 4.74 Å². The summed E-state index contributed by atoms with van der Waals surface area (Å²) in [6.45, 7) is 7.25. The number of carbonyl (C=O) groups excluding carboxylic acids is 1. The molecule has 0 fully saturated rings. The highest BCUT2D eigenvalue weighted by Crippen LogP contribution is 2.11. The van der Waals surface area contributed by atoms with Gasteiger partial charge in [-0.1, -0.05) is 0 Å². The Labute approximate surface area is 108 Å². The second kappa shape index (κ2) is 4.94. The topological polar surface area (TPSA) is 64.1 Å². The van der Waals surface area contributed by atoms with Gasteiger partial charge >= 0.3 is 6.09 Å². The SMILES string of the molecule is Cc1nc(NC(=O)OC(C)(C)C)ncc1I. The van der Waals surface area contributed by atoms with Crippen LogP contribution in [0.1, 0.15) is 26.5 Å². The Morgan fingerprint density at radius 2 is 2.12 bits per heavy atom. The largest absolute Gasteiger partial charge is 0.444 e. The third kappa shape index (κ3) is 4.30. The van der Waals surface area contributed by atoms with Crippen LogP contribution in [-0.2, 0) is 4.74 Å². The fourth-order valence-electron chi connectivity index (χ4n) is 0.907. The van der Waals surface area contributed by atoms with Crippen LogP contribution in [0.25, 0.3) is 0 Å². The van der Waals surface area contributed by atoms with Crippen molar-refractivity contribution < 1.29 is 9.53 Å². The van der Waals surface area contributed by atoms with Gasteiger partial charge in [0.1, 0.15) is 5.60 Å². The summed E-state index contributed by atoms with van der Waals surface area (Å²) >= 11 is 2.13. The van der Waals surface area contributed by atoms with Gasteiger partial charge in [-0.05, 0) is 50.3 Å². The molecule has 1 aromatic rings. The van der Waals surface area contributed by atoms with Crippen molar-refractivity contribution in [2.75, 3.05) is 5.32 Å². The molecule has 0 atom stereocenters.